The summed E-state index contributed by atoms with van der Waals surface area (Å²) in [6.45, 7) is 0.939. The summed E-state index contributed by atoms with van der Waals surface area (Å²) in [7, 11) is 0. The van der Waals surface area contributed by atoms with E-state index in [0.29, 0.717) is 18.8 Å². The van der Waals surface area contributed by atoms with Crippen molar-refractivity contribution in [3.8, 4) is 0 Å². The number of rotatable bonds is 5. The van der Waals surface area contributed by atoms with Crippen LogP contribution in [0.5, 0.6) is 0 Å². The van der Waals surface area contributed by atoms with Crippen LogP contribution in [0, 0.1) is 0 Å². The Hall–Kier alpha value is -2.54. The van der Waals surface area contributed by atoms with E-state index in [1.165, 1.54) is 18.2 Å². The maximum absolute atomic E-state index is 11.7. The van der Waals surface area contributed by atoms with Crippen molar-refractivity contribution >= 4 is 29.3 Å². The van der Waals surface area contributed by atoms with Crippen LogP contribution >= 0.6 is 11.6 Å². The normalized spacial score (nSPS) is 10.1. The molecule has 21 heavy (non-hydrogen) atoms. The second-order valence-corrected chi connectivity index (χ2v) is 4.56. The highest BCUT2D eigenvalue weighted by Gasteiger charge is 2.10. The van der Waals surface area contributed by atoms with Gasteiger partial charge in [0.25, 0.3) is 0 Å². The van der Waals surface area contributed by atoms with Gasteiger partial charge in [-0.3, -0.25) is 4.68 Å². The lowest BCUT2D eigenvalue weighted by Crippen LogP contribution is -2.31. The van der Waals surface area contributed by atoms with Gasteiger partial charge in [0.1, 0.15) is 0 Å². The van der Waals surface area contributed by atoms with Crippen molar-refractivity contribution in [1.82, 2.24) is 15.1 Å². The SMILES string of the molecule is O=C(NCCn1cccn1)Nc1ccc(Cl)c(C(=O)O)c1. The molecule has 110 valence electrons. The molecule has 1 aromatic heterocycles. The minimum absolute atomic E-state index is 0.0639. The largest absolute Gasteiger partial charge is 0.478 e. The summed E-state index contributed by atoms with van der Waals surface area (Å²) in [5, 5.41) is 18.3. The van der Waals surface area contributed by atoms with Gasteiger partial charge in [-0.2, -0.15) is 5.10 Å². The van der Waals surface area contributed by atoms with Gasteiger partial charge in [-0.25, -0.2) is 9.59 Å². The molecule has 7 nitrogen and oxygen atoms in total. The first-order valence-electron chi connectivity index (χ1n) is 6.11. The van der Waals surface area contributed by atoms with E-state index in [9.17, 15) is 9.59 Å². The van der Waals surface area contributed by atoms with Crippen molar-refractivity contribution in [3.05, 3.63) is 47.2 Å². The molecule has 0 aliphatic heterocycles. The molecule has 8 heteroatoms. The minimum Gasteiger partial charge on any atom is -0.478 e. The van der Waals surface area contributed by atoms with E-state index in [2.05, 4.69) is 15.7 Å². The molecule has 0 atom stereocenters. The number of benzene rings is 1. The van der Waals surface area contributed by atoms with E-state index in [1.54, 1.807) is 23.1 Å². The number of carboxylic acids is 1. The van der Waals surface area contributed by atoms with Crippen LogP contribution in [0.3, 0.4) is 0 Å². The molecule has 0 saturated carbocycles. The molecule has 2 aromatic rings. The fraction of sp³-hybridized carbons (Fsp3) is 0.154. The van der Waals surface area contributed by atoms with Crippen molar-refractivity contribution in [3.63, 3.8) is 0 Å². The van der Waals surface area contributed by atoms with Crippen LogP contribution in [-0.2, 0) is 6.54 Å². The Morgan fingerprint density at radius 1 is 1.38 bits per heavy atom. The van der Waals surface area contributed by atoms with E-state index >= 15 is 0 Å². The van der Waals surface area contributed by atoms with Gasteiger partial charge in [0, 0.05) is 24.6 Å². The standard InChI is InChI=1S/C13H13ClN4O3/c14-11-3-2-9(8-10(11)12(19)20)17-13(21)15-5-7-18-6-1-4-16-18/h1-4,6,8H,5,7H2,(H,19,20)(H2,15,17,21). The topological polar surface area (TPSA) is 96.3 Å². The van der Waals surface area contributed by atoms with E-state index in [1.807, 2.05) is 0 Å². The maximum Gasteiger partial charge on any atom is 0.337 e. The number of amides is 2. The molecular weight excluding hydrogens is 296 g/mol. The van der Waals surface area contributed by atoms with Gasteiger partial charge in [0.2, 0.25) is 0 Å². The number of nitrogens with one attached hydrogen (secondary N) is 2. The van der Waals surface area contributed by atoms with Gasteiger partial charge in [-0.05, 0) is 24.3 Å². The zero-order valence-electron chi connectivity index (χ0n) is 10.9. The molecule has 0 saturated heterocycles. The summed E-state index contributed by atoms with van der Waals surface area (Å²) >= 11 is 5.75. The van der Waals surface area contributed by atoms with Gasteiger partial charge >= 0.3 is 12.0 Å². The summed E-state index contributed by atoms with van der Waals surface area (Å²) in [5.41, 5.74) is 0.291. The van der Waals surface area contributed by atoms with Gasteiger partial charge in [0.15, 0.2) is 0 Å². The van der Waals surface area contributed by atoms with Gasteiger partial charge in [-0.15, -0.1) is 0 Å². The number of carboxylic acid groups (broad SMARTS) is 1. The fourth-order valence-electron chi connectivity index (χ4n) is 1.66. The molecule has 2 amide bonds. The number of carbonyl (C=O) groups is 2. The Morgan fingerprint density at radius 2 is 2.19 bits per heavy atom. The average molecular weight is 309 g/mol. The zero-order chi connectivity index (χ0) is 15.2. The zero-order valence-corrected chi connectivity index (χ0v) is 11.7. The first kappa shape index (κ1) is 14.9. The number of nitrogens with zero attached hydrogens (tertiary/aromatic N) is 2. The number of urea groups is 1. The highest BCUT2D eigenvalue weighted by Crippen LogP contribution is 2.20. The Balaban J connectivity index is 1.87. The fourth-order valence-corrected chi connectivity index (χ4v) is 1.86. The molecule has 0 aliphatic rings. The lowest BCUT2D eigenvalue weighted by molar-refractivity contribution is 0.0697. The van der Waals surface area contributed by atoms with Gasteiger partial charge in [-0.1, -0.05) is 11.6 Å². The van der Waals surface area contributed by atoms with Crippen LogP contribution in [0.25, 0.3) is 0 Å². The van der Waals surface area contributed by atoms with Gasteiger partial charge in [0.05, 0.1) is 17.1 Å². The van der Waals surface area contributed by atoms with E-state index in [4.69, 9.17) is 16.7 Å². The summed E-state index contributed by atoms with van der Waals surface area (Å²) in [6, 6.07) is 5.62. The van der Waals surface area contributed by atoms with E-state index in [0.717, 1.165) is 0 Å². The van der Waals surface area contributed by atoms with Crippen LogP contribution in [-0.4, -0.2) is 33.4 Å². The lowest BCUT2D eigenvalue weighted by atomic mass is 10.2. The number of carbonyl (C=O) groups excluding carboxylic acids is 1. The number of halogens is 1. The smallest absolute Gasteiger partial charge is 0.337 e. The second-order valence-electron chi connectivity index (χ2n) is 4.15. The number of hydrogen-bond acceptors (Lipinski definition) is 3. The molecular formula is C13H13ClN4O3. The lowest BCUT2D eigenvalue weighted by Gasteiger charge is -2.09. The van der Waals surface area contributed by atoms with Crippen molar-refractivity contribution < 1.29 is 14.7 Å². The Kier molecular flexibility index (Phi) is 4.78. The molecule has 0 spiro atoms. The molecule has 0 unspecified atom stereocenters. The molecule has 0 radical (unpaired) electrons. The summed E-state index contributed by atoms with van der Waals surface area (Å²) < 4.78 is 1.69. The molecule has 0 bridgehead atoms. The van der Waals surface area contributed by atoms with Crippen LogP contribution in [0.15, 0.2) is 36.7 Å². The van der Waals surface area contributed by atoms with Gasteiger partial charge < -0.3 is 15.7 Å². The summed E-state index contributed by atoms with van der Waals surface area (Å²) in [5.74, 6) is -1.15. The molecule has 2 rings (SSSR count). The average Bonchev–Trinajstić information content (AvgIpc) is 2.94. The summed E-state index contributed by atoms with van der Waals surface area (Å²) in [6.07, 6.45) is 3.44. The van der Waals surface area contributed by atoms with Crippen LogP contribution < -0.4 is 10.6 Å². The Morgan fingerprint density at radius 3 is 2.86 bits per heavy atom. The van der Waals surface area contributed by atoms with Crippen molar-refractivity contribution in [2.45, 2.75) is 6.54 Å². The third-order valence-corrected chi connectivity index (χ3v) is 2.97. The highest BCUT2D eigenvalue weighted by molar-refractivity contribution is 6.33. The van der Waals surface area contributed by atoms with Crippen molar-refractivity contribution in [2.24, 2.45) is 0 Å². The van der Waals surface area contributed by atoms with Crippen LogP contribution in [0.4, 0.5) is 10.5 Å². The Labute approximate surface area is 125 Å². The first-order valence-corrected chi connectivity index (χ1v) is 6.49. The third kappa shape index (κ3) is 4.22. The first-order chi connectivity index (χ1) is 10.1. The number of aromatic nitrogens is 2. The number of anilines is 1. The molecule has 1 heterocycles. The minimum atomic E-state index is -1.15. The monoisotopic (exact) mass is 308 g/mol. The quantitative estimate of drug-likeness (QED) is 0.787. The third-order valence-electron chi connectivity index (χ3n) is 2.64. The highest BCUT2D eigenvalue weighted by atomic mass is 35.5. The van der Waals surface area contributed by atoms with Crippen LogP contribution in [0.2, 0.25) is 5.02 Å². The second kappa shape index (κ2) is 6.76. The number of hydrogen-bond donors (Lipinski definition) is 3. The van der Waals surface area contributed by atoms with Crippen molar-refractivity contribution in [2.75, 3.05) is 11.9 Å². The van der Waals surface area contributed by atoms with E-state index < -0.39 is 12.0 Å². The number of aromatic carboxylic acids is 1. The summed E-state index contributed by atoms with van der Waals surface area (Å²) in [4.78, 5) is 22.6. The predicted molar refractivity (Wildman–Crippen MR) is 77.7 cm³/mol. The van der Waals surface area contributed by atoms with Crippen LogP contribution in [0.1, 0.15) is 10.4 Å². The Bertz CT molecular complexity index is 643. The predicted octanol–water partition coefficient (Wildman–Crippen LogP) is 2.06. The maximum atomic E-state index is 11.7. The van der Waals surface area contributed by atoms with E-state index in [-0.39, 0.29) is 10.6 Å². The molecule has 3 N–H and O–H groups in total. The molecule has 1 aromatic carbocycles. The molecule has 0 aliphatic carbocycles. The van der Waals surface area contributed by atoms with Crippen molar-refractivity contribution in [1.29, 1.82) is 0 Å². The molecule has 0 fully saturated rings.